The van der Waals surface area contributed by atoms with Crippen molar-refractivity contribution in [2.24, 2.45) is 11.3 Å². The van der Waals surface area contributed by atoms with Gasteiger partial charge in [0.15, 0.2) is 5.13 Å². The van der Waals surface area contributed by atoms with E-state index in [0.29, 0.717) is 40.8 Å². The van der Waals surface area contributed by atoms with E-state index in [-0.39, 0.29) is 25.5 Å². The Morgan fingerprint density at radius 1 is 1.17 bits per heavy atom. The summed E-state index contributed by atoms with van der Waals surface area (Å²) in [4.78, 5) is 64.8. The number of fused-ring (bicyclic) bond motifs is 3. The van der Waals surface area contributed by atoms with E-state index < -0.39 is 58.9 Å². The summed E-state index contributed by atoms with van der Waals surface area (Å²) in [5, 5.41) is 18.5. The number of carboxylic acid groups (broad SMARTS) is 1. The zero-order valence-electron chi connectivity index (χ0n) is 29.5. The second kappa shape index (κ2) is 13.6. The average Bonchev–Trinajstić information content (AvgIpc) is 3.70. The zero-order valence-corrected chi connectivity index (χ0v) is 30.3. The summed E-state index contributed by atoms with van der Waals surface area (Å²) in [7, 11) is 0. The molecular weight excluding hydrogens is 689 g/mol. The lowest BCUT2D eigenvalue weighted by atomic mass is 9.85. The van der Waals surface area contributed by atoms with E-state index in [4.69, 9.17) is 24.9 Å². The Kier molecular flexibility index (Phi) is 9.26. The number of thiazole rings is 1. The molecule has 5 N–H and O–H groups in total. The molecule has 2 aromatic heterocycles. The number of carbonyl (C=O) groups excluding carboxylic acids is 3. The highest BCUT2D eigenvalue weighted by Crippen LogP contribution is 2.45. The number of nitrogens with two attached hydrogens (primary N) is 1. The molecule has 15 heteroatoms. The molecule has 1 saturated heterocycles. The number of aliphatic carboxylic acids is 1. The lowest BCUT2D eigenvalue weighted by molar-refractivity contribution is -0.146. The average molecular weight is 733 g/mol. The Labute approximate surface area is 305 Å². The van der Waals surface area contributed by atoms with Gasteiger partial charge in [-0.2, -0.15) is 0 Å². The van der Waals surface area contributed by atoms with E-state index in [1.54, 1.807) is 6.07 Å². The number of benzene rings is 1. The van der Waals surface area contributed by atoms with Crippen LogP contribution in [0.1, 0.15) is 64.9 Å². The second-order valence-corrected chi connectivity index (χ2v) is 16.1. The molecule has 52 heavy (non-hydrogen) atoms. The highest BCUT2D eigenvalue weighted by atomic mass is 32.1. The lowest BCUT2D eigenvalue weighted by Crippen LogP contribution is -2.59. The molecule has 2 aliphatic carbocycles. The number of carbonyl (C=O) groups is 4. The maximum atomic E-state index is 14.5. The third kappa shape index (κ3) is 6.73. The number of aromatic nitrogens is 2. The minimum Gasteiger partial charge on any atom is -0.493 e. The van der Waals surface area contributed by atoms with Gasteiger partial charge in [-0.25, -0.2) is 19.6 Å². The molecule has 3 fully saturated rings. The number of alkyl carbamates (subject to hydrolysis) is 1. The van der Waals surface area contributed by atoms with Crippen LogP contribution in [0.3, 0.4) is 0 Å². The van der Waals surface area contributed by atoms with Gasteiger partial charge in [-0.15, -0.1) is 17.9 Å². The first kappa shape index (κ1) is 35.5. The summed E-state index contributed by atoms with van der Waals surface area (Å²) < 4.78 is 18.2. The molecule has 0 unspecified atom stereocenters. The van der Waals surface area contributed by atoms with Crippen LogP contribution in [0.5, 0.6) is 11.5 Å². The molecule has 0 spiro atoms. The predicted molar refractivity (Wildman–Crippen MR) is 193 cm³/mol. The van der Waals surface area contributed by atoms with Gasteiger partial charge in [-0.05, 0) is 49.7 Å². The smallest absolute Gasteiger partial charge is 0.408 e. The number of carboxylic acids is 1. The van der Waals surface area contributed by atoms with Crippen molar-refractivity contribution in [1.29, 1.82) is 0 Å². The number of amides is 3. The summed E-state index contributed by atoms with van der Waals surface area (Å²) >= 11 is 1.29. The van der Waals surface area contributed by atoms with Crippen LogP contribution in [-0.4, -0.2) is 86.8 Å². The fourth-order valence-corrected chi connectivity index (χ4v) is 8.13. The molecule has 2 aliphatic heterocycles. The van der Waals surface area contributed by atoms with E-state index in [1.165, 1.54) is 22.3 Å². The fraction of sp³-hybridized carbons (Fsp3) is 0.514. The van der Waals surface area contributed by atoms with Gasteiger partial charge in [-0.1, -0.05) is 26.8 Å². The van der Waals surface area contributed by atoms with Crippen molar-refractivity contribution < 1.29 is 38.5 Å². The van der Waals surface area contributed by atoms with Crippen molar-refractivity contribution in [2.75, 3.05) is 18.9 Å². The molecule has 5 atom stereocenters. The van der Waals surface area contributed by atoms with Crippen molar-refractivity contribution >= 4 is 51.2 Å². The summed E-state index contributed by atoms with van der Waals surface area (Å²) in [6.07, 6.45) is 4.31. The maximum Gasteiger partial charge on any atom is 0.408 e. The van der Waals surface area contributed by atoms with Crippen LogP contribution in [0, 0.1) is 11.3 Å². The number of anilines is 1. The van der Waals surface area contributed by atoms with Crippen LogP contribution in [0.2, 0.25) is 0 Å². The molecular formula is C37H44N6O8S. The molecule has 7 rings (SSSR count). The third-order valence-electron chi connectivity index (χ3n) is 10.5. The largest absolute Gasteiger partial charge is 0.493 e. The predicted octanol–water partition coefficient (Wildman–Crippen LogP) is 4.45. The van der Waals surface area contributed by atoms with Crippen LogP contribution in [-0.2, 0) is 25.5 Å². The Balaban J connectivity index is 1.21. The fourth-order valence-electron chi connectivity index (χ4n) is 7.57. The van der Waals surface area contributed by atoms with E-state index in [1.807, 2.05) is 38.3 Å². The van der Waals surface area contributed by atoms with Gasteiger partial charge in [-0.3, -0.25) is 9.59 Å². The van der Waals surface area contributed by atoms with E-state index >= 15 is 0 Å². The van der Waals surface area contributed by atoms with E-state index in [0.717, 1.165) is 42.4 Å². The molecule has 3 amide bonds. The van der Waals surface area contributed by atoms with Gasteiger partial charge in [0, 0.05) is 41.2 Å². The minimum atomic E-state index is -1.51. The number of hydrogen-bond donors (Lipinski definition) is 4. The Bertz CT molecular complexity index is 1940. The number of rotatable bonds is 10. The maximum absolute atomic E-state index is 14.5. The standard InChI is InChI=1S/C37H44N6O8S/c1-5-19-16-37(19,33(46)47)42-31(44)26-14-21(17-43(26)32(45)30(36(2,3)4)41-35(48)51-20-8-6-7-9-20)50-28-15-24(25-18-52-34(38)40-25)39-29-22(28)10-11-27-23(29)12-13-49-27/h5,10-11,15,18-21,26,30H,1,6-9,12-14,16-17H2,2-4H3,(H2,38,40)(H,41,48)(H,42,44)(H,46,47)/t19-,21-,26+,30-,37-/m1/s1. The molecule has 2 saturated carbocycles. The first-order valence-corrected chi connectivity index (χ1v) is 18.6. The first-order chi connectivity index (χ1) is 24.8. The quantitative estimate of drug-likeness (QED) is 0.215. The first-order valence-electron chi connectivity index (χ1n) is 17.7. The summed E-state index contributed by atoms with van der Waals surface area (Å²) in [6.45, 7) is 9.70. The second-order valence-electron chi connectivity index (χ2n) is 15.2. The summed E-state index contributed by atoms with van der Waals surface area (Å²) in [6, 6.07) is 3.37. The molecule has 0 bridgehead atoms. The van der Waals surface area contributed by atoms with E-state index in [2.05, 4.69) is 22.2 Å². The number of nitrogens with one attached hydrogen (secondary N) is 2. The SMILES string of the molecule is C=C[C@@H]1C[C@]1(NC(=O)[C@@H]1C[C@@H](Oc2cc(-c3csc(N)n3)nc3c4c(ccc23)OCC4)CN1C(=O)[C@@H](NC(=O)OC1CCCC1)C(C)(C)C)C(=O)O. The van der Waals surface area contributed by atoms with Crippen molar-refractivity contribution in [1.82, 2.24) is 25.5 Å². The normalized spacial score (nSPS) is 24.5. The Morgan fingerprint density at radius 3 is 2.60 bits per heavy atom. The van der Waals surface area contributed by atoms with Gasteiger partial charge in [0.25, 0.3) is 0 Å². The molecule has 4 heterocycles. The Morgan fingerprint density at radius 2 is 1.94 bits per heavy atom. The summed E-state index contributed by atoms with van der Waals surface area (Å²) in [5.41, 5.74) is 6.44. The highest BCUT2D eigenvalue weighted by molar-refractivity contribution is 7.13. The number of nitrogen functional groups attached to an aromatic ring is 1. The number of ether oxygens (including phenoxy) is 3. The number of likely N-dealkylation sites (tertiary alicyclic amines) is 1. The van der Waals surface area contributed by atoms with E-state index in [9.17, 15) is 24.3 Å². The molecule has 14 nitrogen and oxygen atoms in total. The molecule has 1 aromatic carbocycles. The molecule has 3 aromatic rings. The third-order valence-corrected chi connectivity index (χ3v) is 11.2. The highest BCUT2D eigenvalue weighted by Gasteiger charge is 2.61. The molecule has 0 radical (unpaired) electrons. The van der Waals surface area contributed by atoms with Crippen molar-refractivity contribution in [3.63, 3.8) is 0 Å². The van der Waals surface area contributed by atoms with Gasteiger partial charge in [0.2, 0.25) is 11.8 Å². The topological polar surface area (TPSA) is 195 Å². The summed E-state index contributed by atoms with van der Waals surface area (Å²) in [5.74, 6) is -1.54. The Hall–Kier alpha value is -4.92. The van der Waals surface area contributed by atoms with Gasteiger partial charge < -0.3 is 40.6 Å². The number of pyridine rings is 1. The van der Waals surface area contributed by atoms with Gasteiger partial charge in [0.05, 0.1) is 24.4 Å². The lowest BCUT2D eigenvalue weighted by Gasteiger charge is -2.35. The number of hydrogen-bond acceptors (Lipinski definition) is 11. The van der Waals surface area contributed by atoms with Gasteiger partial charge >= 0.3 is 12.1 Å². The van der Waals surface area contributed by atoms with Crippen LogP contribution >= 0.6 is 11.3 Å². The number of nitrogens with zero attached hydrogens (tertiary/aromatic N) is 3. The van der Waals surface area contributed by atoms with Crippen molar-refractivity contribution in [2.45, 2.75) is 95.5 Å². The molecule has 276 valence electrons. The molecule has 4 aliphatic rings. The van der Waals surface area contributed by atoms with Crippen molar-refractivity contribution in [3.05, 3.63) is 41.8 Å². The van der Waals surface area contributed by atoms with Crippen LogP contribution < -0.4 is 25.8 Å². The zero-order chi connectivity index (χ0) is 36.9. The van der Waals surface area contributed by atoms with Crippen LogP contribution in [0.4, 0.5) is 9.93 Å². The minimum absolute atomic E-state index is 0.00926. The van der Waals surface area contributed by atoms with Crippen molar-refractivity contribution in [3.8, 4) is 22.9 Å². The van der Waals surface area contributed by atoms with Crippen LogP contribution in [0.15, 0.2) is 36.2 Å². The van der Waals surface area contributed by atoms with Crippen LogP contribution in [0.25, 0.3) is 22.3 Å². The monoisotopic (exact) mass is 732 g/mol. The van der Waals surface area contributed by atoms with Gasteiger partial charge in [0.1, 0.15) is 47.0 Å².